The maximum Gasteiger partial charge on any atom is 0.0438 e. The van der Waals surface area contributed by atoms with Crippen molar-refractivity contribution in [1.29, 1.82) is 0 Å². The van der Waals surface area contributed by atoms with Crippen molar-refractivity contribution in [2.45, 2.75) is 29.4 Å². The maximum atomic E-state index is 6.27. The number of fused-ring (bicyclic) bond motifs is 1. The number of hydrogen-bond donors (Lipinski definition) is 0. The van der Waals surface area contributed by atoms with Gasteiger partial charge in [0.25, 0.3) is 0 Å². The molecule has 110 valence electrons. The Balaban J connectivity index is 1.63. The average Bonchev–Trinajstić information content (AvgIpc) is 2.91. The number of halogens is 2. The Morgan fingerprint density at radius 1 is 1.10 bits per heavy atom. The molecule has 2 aromatic carbocycles. The van der Waals surface area contributed by atoms with Crippen molar-refractivity contribution in [2.24, 2.45) is 5.92 Å². The molecule has 0 saturated heterocycles. The number of benzene rings is 2. The van der Waals surface area contributed by atoms with E-state index in [-0.39, 0.29) is 0 Å². The van der Waals surface area contributed by atoms with E-state index in [1.165, 1.54) is 16.0 Å². The summed E-state index contributed by atoms with van der Waals surface area (Å²) in [4.78, 5) is 1.44. The van der Waals surface area contributed by atoms with Crippen LogP contribution in [0.15, 0.2) is 53.4 Å². The smallest absolute Gasteiger partial charge is 0.0438 e. The first-order chi connectivity index (χ1) is 10.3. The largest absolute Gasteiger partial charge is 0.126 e. The minimum Gasteiger partial charge on any atom is -0.126 e. The SMILES string of the molecule is ClCC(Cc1ccccc1Cl)CC1Cc2ccccc2S1. The van der Waals surface area contributed by atoms with Crippen molar-refractivity contribution in [3.8, 4) is 0 Å². The van der Waals surface area contributed by atoms with E-state index in [0.717, 1.165) is 24.3 Å². The Morgan fingerprint density at radius 3 is 2.62 bits per heavy atom. The van der Waals surface area contributed by atoms with Crippen LogP contribution in [0.5, 0.6) is 0 Å². The molecule has 1 aliphatic rings. The molecule has 0 aromatic heterocycles. The molecule has 2 unspecified atom stereocenters. The Hall–Kier alpha value is -0.630. The van der Waals surface area contributed by atoms with Crippen LogP contribution >= 0.6 is 35.0 Å². The second-order valence-corrected chi connectivity index (χ2v) is 7.66. The van der Waals surface area contributed by atoms with Crippen LogP contribution in [0.2, 0.25) is 5.02 Å². The Labute approximate surface area is 140 Å². The fraction of sp³-hybridized carbons (Fsp3) is 0.333. The molecule has 21 heavy (non-hydrogen) atoms. The summed E-state index contributed by atoms with van der Waals surface area (Å²) in [5.74, 6) is 1.18. The predicted octanol–water partition coefficient (Wildman–Crippen LogP) is 5.84. The molecule has 0 nitrogen and oxygen atoms in total. The van der Waals surface area contributed by atoms with Crippen LogP contribution in [0.3, 0.4) is 0 Å². The molecule has 2 atom stereocenters. The third kappa shape index (κ3) is 3.77. The minimum atomic E-state index is 0.485. The molecule has 1 aliphatic heterocycles. The van der Waals surface area contributed by atoms with Crippen LogP contribution < -0.4 is 0 Å². The van der Waals surface area contributed by atoms with Crippen LogP contribution in [0.1, 0.15) is 17.5 Å². The second kappa shape index (κ2) is 7.09. The van der Waals surface area contributed by atoms with Crippen molar-refractivity contribution >= 4 is 35.0 Å². The quantitative estimate of drug-likeness (QED) is 0.617. The molecule has 0 aliphatic carbocycles. The summed E-state index contributed by atoms with van der Waals surface area (Å²) in [5, 5.41) is 1.50. The van der Waals surface area contributed by atoms with Gasteiger partial charge in [-0.25, -0.2) is 0 Å². The molecule has 0 bridgehead atoms. The van der Waals surface area contributed by atoms with Crippen molar-refractivity contribution in [3.63, 3.8) is 0 Å². The van der Waals surface area contributed by atoms with E-state index < -0.39 is 0 Å². The van der Waals surface area contributed by atoms with E-state index in [1.54, 1.807) is 0 Å². The van der Waals surface area contributed by atoms with E-state index in [2.05, 4.69) is 30.3 Å². The van der Waals surface area contributed by atoms with E-state index in [1.807, 2.05) is 30.0 Å². The lowest BCUT2D eigenvalue weighted by molar-refractivity contribution is 0.524. The average molecular weight is 337 g/mol. The van der Waals surface area contributed by atoms with Gasteiger partial charge in [-0.3, -0.25) is 0 Å². The molecule has 0 N–H and O–H groups in total. The first-order valence-electron chi connectivity index (χ1n) is 7.30. The van der Waals surface area contributed by atoms with Gasteiger partial charge in [-0.1, -0.05) is 48.0 Å². The molecule has 2 aromatic rings. The van der Waals surface area contributed by atoms with Crippen LogP contribution in [0.4, 0.5) is 0 Å². The first-order valence-corrected chi connectivity index (χ1v) is 9.09. The van der Waals surface area contributed by atoms with Crippen molar-refractivity contribution in [3.05, 3.63) is 64.7 Å². The first kappa shape index (κ1) is 15.3. The van der Waals surface area contributed by atoms with Gasteiger partial charge in [0.1, 0.15) is 0 Å². The molecule has 0 spiro atoms. The Kier molecular flexibility index (Phi) is 5.15. The topological polar surface area (TPSA) is 0 Å². The maximum absolute atomic E-state index is 6.27. The van der Waals surface area contributed by atoms with Gasteiger partial charge in [-0.2, -0.15) is 0 Å². The van der Waals surface area contributed by atoms with Crippen molar-refractivity contribution < 1.29 is 0 Å². The van der Waals surface area contributed by atoms with Gasteiger partial charge in [0, 0.05) is 21.0 Å². The highest BCUT2D eigenvalue weighted by molar-refractivity contribution is 8.00. The van der Waals surface area contributed by atoms with Crippen molar-refractivity contribution in [1.82, 2.24) is 0 Å². The normalized spacial score (nSPS) is 18.5. The molecule has 0 saturated carbocycles. The van der Waals surface area contributed by atoms with Gasteiger partial charge in [0.2, 0.25) is 0 Å². The molecule has 0 amide bonds. The van der Waals surface area contributed by atoms with Gasteiger partial charge in [-0.05, 0) is 48.4 Å². The zero-order valence-corrected chi connectivity index (χ0v) is 14.1. The van der Waals surface area contributed by atoms with Crippen LogP contribution in [0.25, 0.3) is 0 Å². The number of alkyl halides is 1. The van der Waals surface area contributed by atoms with Gasteiger partial charge in [0.15, 0.2) is 0 Å². The molecular formula is C18H18Cl2S. The number of rotatable bonds is 5. The molecule has 3 rings (SSSR count). The standard InChI is InChI=1S/C18H18Cl2S/c19-12-13(9-14-5-1-3-7-17(14)20)10-16-11-15-6-2-4-8-18(15)21-16/h1-8,13,16H,9-12H2. The van der Waals surface area contributed by atoms with Gasteiger partial charge in [0.05, 0.1) is 0 Å². The van der Waals surface area contributed by atoms with Gasteiger partial charge < -0.3 is 0 Å². The van der Waals surface area contributed by atoms with Crippen LogP contribution in [-0.4, -0.2) is 11.1 Å². The molecule has 0 radical (unpaired) electrons. The fourth-order valence-corrected chi connectivity index (χ4v) is 4.83. The van der Waals surface area contributed by atoms with Crippen LogP contribution in [-0.2, 0) is 12.8 Å². The summed E-state index contributed by atoms with van der Waals surface area (Å²) in [5.41, 5.74) is 2.70. The number of thioether (sulfide) groups is 1. The highest BCUT2D eigenvalue weighted by Crippen LogP contribution is 2.40. The monoisotopic (exact) mass is 336 g/mol. The summed E-state index contributed by atoms with van der Waals surface area (Å²) >= 11 is 14.5. The number of hydrogen-bond acceptors (Lipinski definition) is 1. The minimum absolute atomic E-state index is 0.485. The highest BCUT2D eigenvalue weighted by Gasteiger charge is 2.25. The lowest BCUT2D eigenvalue weighted by atomic mass is 9.94. The van der Waals surface area contributed by atoms with E-state index in [4.69, 9.17) is 23.2 Å². The molecule has 1 heterocycles. The third-order valence-electron chi connectivity index (χ3n) is 3.99. The Morgan fingerprint density at radius 2 is 1.86 bits per heavy atom. The second-order valence-electron chi connectivity index (χ2n) is 5.60. The summed E-state index contributed by atoms with van der Waals surface area (Å²) in [7, 11) is 0. The van der Waals surface area contributed by atoms with Gasteiger partial charge >= 0.3 is 0 Å². The summed E-state index contributed by atoms with van der Waals surface area (Å²) < 4.78 is 0. The molecule has 3 heteroatoms. The van der Waals surface area contributed by atoms with Crippen molar-refractivity contribution in [2.75, 3.05) is 5.88 Å². The third-order valence-corrected chi connectivity index (χ3v) is 6.14. The highest BCUT2D eigenvalue weighted by atomic mass is 35.5. The summed E-state index contributed by atoms with van der Waals surface area (Å²) in [6, 6.07) is 16.8. The van der Waals surface area contributed by atoms with Gasteiger partial charge in [-0.15, -0.1) is 23.4 Å². The van der Waals surface area contributed by atoms with Crippen LogP contribution in [0, 0.1) is 5.92 Å². The predicted molar refractivity (Wildman–Crippen MR) is 93.8 cm³/mol. The lowest BCUT2D eigenvalue weighted by Gasteiger charge is -2.18. The van der Waals surface area contributed by atoms with E-state index >= 15 is 0 Å². The molecular weight excluding hydrogens is 319 g/mol. The van der Waals surface area contributed by atoms with E-state index in [0.29, 0.717) is 17.0 Å². The summed E-state index contributed by atoms with van der Waals surface area (Å²) in [6.45, 7) is 0. The van der Waals surface area contributed by atoms with E-state index in [9.17, 15) is 0 Å². The zero-order valence-electron chi connectivity index (χ0n) is 11.8. The summed E-state index contributed by atoms with van der Waals surface area (Å²) in [6.07, 6.45) is 3.28. The fourth-order valence-electron chi connectivity index (χ4n) is 2.93. The molecule has 0 fully saturated rings. The zero-order chi connectivity index (χ0) is 14.7. The lowest BCUT2D eigenvalue weighted by Crippen LogP contribution is -2.14. The Bertz CT molecular complexity index is 587.